The number of nitrogens with zero attached hydrogens (tertiary/aromatic N) is 1. The van der Waals surface area contributed by atoms with Crippen molar-refractivity contribution in [3.63, 3.8) is 0 Å². The molecule has 0 aliphatic carbocycles. The lowest BCUT2D eigenvalue weighted by molar-refractivity contribution is 0.630. The van der Waals surface area contributed by atoms with Crippen LogP contribution in [0.5, 0.6) is 0 Å². The third-order valence-electron chi connectivity index (χ3n) is 1.76. The highest BCUT2D eigenvalue weighted by Gasteiger charge is 2.07. The van der Waals surface area contributed by atoms with Gasteiger partial charge in [0, 0.05) is 6.04 Å². The molecule has 0 radical (unpaired) electrons. The first-order valence-corrected chi connectivity index (χ1v) is 3.82. The van der Waals surface area contributed by atoms with E-state index in [4.69, 9.17) is 16.7 Å². The van der Waals surface area contributed by atoms with E-state index in [-0.39, 0.29) is 12.1 Å². The molecule has 0 spiro atoms. The van der Waals surface area contributed by atoms with E-state index in [0.29, 0.717) is 5.56 Å². The highest BCUT2D eigenvalue weighted by molar-refractivity contribution is 5.43. The molecule has 3 nitrogen and oxygen atoms in total. The smallest absolute Gasteiger partial charge is 0.146 e. The number of nitriles is 1. The Balaban J connectivity index is 2.91. The highest BCUT2D eigenvalue weighted by atomic mass is 19.1. The average molecular weight is 179 g/mol. The molecular weight excluding hydrogens is 169 g/mol. The molecule has 0 bridgehead atoms. The molecule has 4 N–H and O–H groups in total. The zero-order valence-corrected chi connectivity index (χ0v) is 7.00. The number of hydrogen-bond donors (Lipinski definition) is 2. The first-order chi connectivity index (χ1) is 6.15. The van der Waals surface area contributed by atoms with E-state index < -0.39 is 11.9 Å². The van der Waals surface area contributed by atoms with Crippen LogP contribution in [0.15, 0.2) is 18.2 Å². The van der Waals surface area contributed by atoms with Gasteiger partial charge in [0.1, 0.15) is 5.82 Å². The fourth-order valence-electron chi connectivity index (χ4n) is 1.01. The molecule has 0 fully saturated rings. The van der Waals surface area contributed by atoms with E-state index in [1.807, 2.05) is 6.07 Å². The Morgan fingerprint density at radius 2 is 2.23 bits per heavy atom. The number of rotatable bonds is 2. The molecule has 0 saturated carbocycles. The van der Waals surface area contributed by atoms with Crippen LogP contribution in [0.1, 0.15) is 18.0 Å². The van der Waals surface area contributed by atoms with Gasteiger partial charge in [-0.2, -0.15) is 5.26 Å². The molecule has 68 valence electrons. The molecule has 0 amide bonds. The third-order valence-corrected chi connectivity index (χ3v) is 1.76. The van der Waals surface area contributed by atoms with Crippen LogP contribution in [0.2, 0.25) is 0 Å². The molecule has 0 aliphatic rings. The van der Waals surface area contributed by atoms with Gasteiger partial charge in [0.05, 0.1) is 18.2 Å². The van der Waals surface area contributed by atoms with E-state index in [1.165, 1.54) is 18.2 Å². The van der Waals surface area contributed by atoms with Gasteiger partial charge in [0.25, 0.3) is 0 Å². The second-order valence-electron chi connectivity index (χ2n) is 2.75. The molecule has 0 saturated heterocycles. The minimum absolute atomic E-state index is 0.0610. The van der Waals surface area contributed by atoms with Crippen molar-refractivity contribution in [3.8, 4) is 6.07 Å². The monoisotopic (exact) mass is 179 g/mol. The number of anilines is 1. The first kappa shape index (κ1) is 9.49. The van der Waals surface area contributed by atoms with Crippen molar-refractivity contribution in [1.82, 2.24) is 0 Å². The van der Waals surface area contributed by atoms with Gasteiger partial charge in [-0.25, -0.2) is 4.39 Å². The van der Waals surface area contributed by atoms with Crippen LogP contribution in [0.3, 0.4) is 0 Å². The number of nitrogens with two attached hydrogens (primary N) is 2. The van der Waals surface area contributed by atoms with Gasteiger partial charge in [0.15, 0.2) is 0 Å². The van der Waals surface area contributed by atoms with Crippen LogP contribution in [-0.4, -0.2) is 0 Å². The summed E-state index contributed by atoms with van der Waals surface area (Å²) in [7, 11) is 0. The summed E-state index contributed by atoms with van der Waals surface area (Å²) in [5.41, 5.74) is 11.7. The number of nitrogen functional groups attached to an aromatic ring is 1. The molecule has 4 heteroatoms. The van der Waals surface area contributed by atoms with Crippen LogP contribution >= 0.6 is 0 Å². The van der Waals surface area contributed by atoms with Crippen LogP contribution in [0, 0.1) is 17.1 Å². The van der Waals surface area contributed by atoms with E-state index in [9.17, 15) is 4.39 Å². The molecule has 0 aliphatic heterocycles. The third kappa shape index (κ3) is 2.17. The zero-order chi connectivity index (χ0) is 9.84. The maximum atomic E-state index is 12.7. The second-order valence-corrected chi connectivity index (χ2v) is 2.75. The number of benzene rings is 1. The van der Waals surface area contributed by atoms with E-state index >= 15 is 0 Å². The van der Waals surface area contributed by atoms with E-state index in [0.717, 1.165) is 0 Å². The molecule has 1 aromatic rings. The Morgan fingerprint density at radius 1 is 1.54 bits per heavy atom. The van der Waals surface area contributed by atoms with E-state index in [2.05, 4.69) is 0 Å². The Hall–Kier alpha value is -1.60. The maximum Gasteiger partial charge on any atom is 0.146 e. The summed E-state index contributed by atoms with van der Waals surface area (Å²) < 4.78 is 12.7. The molecule has 1 rings (SSSR count). The fourth-order valence-corrected chi connectivity index (χ4v) is 1.01. The topological polar surface area (TPSA) is 75.8 Å². The predicted octanol–water partition coefficient (Wildman–Crippen LogP) is 1.32. The van der Waals surface area contributed by atoms with Gasteiger partial charge in [0.2, 0.25) is 0 Å². The van der Waals surface area contributed by atoms with Crippen molar-refractivity contribution in [3.05, 3.63) is 29.6 Å². The lowest BCUT2D eigenvalue weighted by atomic mass is 10.0. The number of halogens is 1. The summed E-state index contributed by atoms with van der Waals surface area (Å²) >= 11 is 0. The molecule has 1 aromatic carbocycles. The van der Waals surface area contributed by atoms with Gasteiger partial charge >= 0.3 is 0 Å². The first-order valence-electron chi connectivity index (χ1n) is 3.82. The summed E-state index contributed by atoms with van der Waals surface area (Å²) in [4.78, 5) is 0. The normalized spacial score (nSPS) is 12.1. The minimum Gasteiger partial charge on any atom is -0.396 e. The summed E-state index contributed by atoms with van der Waals surface area (Å²) in [5, 5.41) is 8.39. The van der Waals surface area contributed by atoms with Crippen molar-refractivity contribution >= 4 is 5.69 Å². The van der Waals surface area contributed by atoms with Crippen LogP contribution in [0.4, 0.5) is 10.1 Å². The quantitative estimate of drug-likeness (QED) is 0.672. The van der Waals surface area contributed by atoms with E-state index in [1.54, 1.807) is 0 Å². The maximum absolute atomic E-state index is 12.7. The van der Waals surface area contributed by atoms with Crippen LogP contribution in [0.25, 0.3) is 0 Å². The SMILES string of the molecule is N#CCC(N)c1ccc(F)c(N)c1. The van der Waals surface area contributed by atoms with Gasteiger partial charge in [-0.15, -0.1) is 0 Å². The Morgan fingerprint density at radius 3 is 2.77 bits per heavy atom. The van der Waals surface area contributed by atoms with Crippen LogP contribution < -0.4 is 11.5 Å². The Bertz CT molecular complexity index is 343. The van der Waals surface area contributed by atoms with Gasteiger partial charge in [-0.05, 0) is 17.7 Å². The molecule has 13 heavy (non-hydrogen) atoms. The summed E-state index contributed by atoms with van der Waals surface area (Å²) in [6.45, 7) is 0. The summed E-state index contributed by atoms with van der Waals surface area (Å²) in [6.07, 6.45) is 0.199. The molecular formula is C9H10FN3. The van der Waals surface area contributed by atoms with Gasteiger partial charge < -0.3 is 11.5 Å². The van der Waals surface area contributed by atoms with Crippen molar-refractivity contribution in [2.45, 2.75) is 12.5 Å². The zero-order valence-electron chi connectivity index (χ0n) is 7.00. The van der Waals surface area contributed by atoms with Gasteiger partial charge in [-0.3, -0.25) is 0 Å². The van der Waals surface area contributed by atoms with Crippen molar-refractivity contribution in [2.75, 3.05) is 5.73 Å². The van der Waals surface area contributed by atoms with Crippen molar-refractivity contribution < 1.29 is 4.39 Å². The van der Waals surface area contributed by atoms with Crippen LogP contribution in [-0.2, 0) is 0 Å². The van der Waals surface area contributed by atoms with Crippen molar-refractivity contribution in [1.29, 1.82) is 5.26 Å². The minimum atomic E-state index is -0.465. The Kier molecular flexibility index (Phi) is 2.83. The lowest BCUT2D eigenvalue weighted by Crippen LogP contribution is -2.09. The van der Waals surface area contributed by atoms with Crippen molar-refractivity contribution in [2.24, 2.45) is 5.73 Å². The molecule has 0 aromatic heterocycles. The summed E-state index contributed by atoms with van der Waals surface area (Å²) in [6, 6.07) is 5.79. The highest BCUT2D eigenvalue weighted by Crippen LogP contribution is 2.18. The molecule has 0 heterocycles. The summed E-state index contributed by atoms with van der Waals surface area (Å²) in [5.74, 6) is -0.465. The Labute approximate surface area is 75.8 Å². The standard InChI is InChI=1S/C9H10FN3/c10-7-2-1-6(5-9(7)13)8(12)3-4-11/h1-2,5,8H,3,12-13H2. The molecule has 1 unspecified atom stereocenters. The second kappa shape index (κ2) is 3.87. The molecule has 1 atom stereocenters. The average Bonchev–Trinajstić information content (AvgIpc) is 2.10. The fraction of sp³-hybridized carbons (Fsp3) is 0.222. The largest absolute Gasteiger partial charge is 0.396 e. The lowest BCUT2D eigenvalue weighted by Gasteiger charge is -2.08. The predicted molar refractivity (Wildman–Crippen MR) is 48.0 cm³/mol. The number of hydrogen-bond acceptors (Lipinski definition) is 3. The van der Waals surface area contributed by atoms with Gasteiger partial charge in [-0.1, -0.05) is 6.07 Å².